The predicted octanol–water partition coefficient (Wildman–Crippen LogP) is 1.98. The number of ether oxygens (including phenoxy) is 1. The fourth-order valence-corrected chi connectivity index (χ4v) is 1.73. The highest BCUT2D eigenvalue weighted by atomic mass is 19.1. The van der Waals surface area contributed by atoms with Gasteiger partial charge in [-0.1, -0.05) is 0 Å². The van der Waals surface area contributed by atoms with Crippen LogP contribution in [0.25, 0.3) is 0 Å². The van der Waals surface area contributed by atoms with Gasteiger partial charge in [-0.15, -0.1) is 0 Å². The number of nitrogens with one attached hydrogen (secondary N) is 1. The lowest BCUT2D eigenvalue weighted by Crippen LogP contribution is -2.14. The Hall–Kier alpha value is -3.23. The van der Waals surface area contributed by atoms with Crippen molar-refractivity contribution in [2.45, 2.75) is 0 Å². The number of nitro groups is 1. The maximum absolute atomic E-state index is 13.4. The predicted molar refractivity (Wildman–Crippen MR) is 75.6 cm³/mol. The van der Waals surface area contributed by atoms with Gasteiger partial charge in [0.25, 0.3) is 11.6 Å². The second-order valence-electron chi connectivity index (χ2n) is 4.22. The smallest absolute Gasteiger partial charge is 0.288 e. The minimum atomic E-state index is -0.901. The number of carbonyl (C=O) groups is 1. The Balaban J connectivity index is 2.43. The number of primary amides is 1. The standard InChI is InChI=1S/C13H11FN4O4/c1-22-10-3-7(14)2-8(4-10)17-13-11(12(15)19)5-9(6-16-13)18(20)21/h2-6H,1H3,(H2,15,19)(H,16,17). The number of nitrogens with two attached hydrogens (primary N) is 1. The summed E-state index contributed by atoms with van der Waals surface area (Å²) < 4.78 is 18.3. The minimum absolute atomic E-state index is 0.0225. The summed E-state index contributed by atoms with van der Waals surface area (Å²) >= 11 is 0. The second-order valence-corrected chi connectivity index (χ2v) is 4.22. The van der Waals surface area contributed by atoms with E-state index in [0.717, 1.165) is 18.3 Å². The Bertz CT molecular complexity index is 751. The topological polar surface area (TPSA) is 120 Å². The van der Waals surface area contributed by atoms with Crippen LogP contribution in [0.5, 0.6) is 5.75 Å². The molecule has 1 amide bonds. The molecule has 0 saturated carbocycles. The Labute approximate surface area is 123 Å². The molecule has 3 N–H and O–H groups in total. The third-order valence-electron chi connectivity index (χ3n) is 2.72. The van der Waals surface area contributed by atoms with Gasteiger partial charge in [0, 0.05) is 23.9 Å². The molecule has 0 unspecified atom stereocenters. The number of amides is 1. The zero-order chi connectivity index (χ0) is 16.3. The van der Waals surface area contributed by atoms with Crippen molar-refractivity contribution < 1.29 is 18.8 Å². The van der Waals surface area contributed by atoms with Gasteiger partial charge in [0.1, 0.15) is 23.6 Å². The van der Waals surface area contributed by atoms with Crippen LogP contribution in [0, 0.1) is 15.9 Å². The fourth-order valence-electron chi connectivity index (χ4n) is 1.73. The third-order valence-corrected chi connectivity index (χ3v) is 2.72. The molecule has 1 heterocycles. The first-order valence-corrected chi connectivity index (χ1v) is 5.96. The molecule has 0 aliphatic rings. The average molecular weight is 306 g/mol. The van der Waals surface area contributed by atoms with E-state index >= 15 is 0 Å². The molecule has 0 fully saturated rings. The summed E-state index contributed by atoms with van der Waals surface area (Å²) in [4.78, 5) is 25.2. The van der Waals surface area contributed by atoms with E-state index in [1.165, 1.54) is 19.2 Å². The van der Waals surface area contributed by atoms with E-state index in [1.54, 1.807) is 0 Å². The zero-order valence-electron chi connectivity index (χ0n) is 11.4. The summed E-state index contributed by atoms with van der Waals surface area (Å²) in [6.07, 6.45) is 0.964. The molecule has 0 bridgehead atoms. The van der Waals surface area contributed by atoms with Gasteiger partial charge in [-0.2, -0.15) is 0 Å². The minimum Gasteiger partial charge on any atom is -0.497 e. The highest BCUT2D eigenvalue weighted by molar-refractivity contribution is 5.98. The molecule has 0 spiro atoms. The van der Waals surface area contributed by atoms with Gasteiger partial charge >= 0.3 is 0 Å². The van der Waals surface area contributed by atoms with Crippen LogP contribution in [0.4, 0.5) is 21.6 Å². The molecule has 0 saturated heterocycles. The molecule has 9 heteroatoms. The van der Waals surface area contributed by atoms with Gasteiger partial charge in [0.15, 0.2) is 0 Å². The van der Waals surface area contributed by atoms with Crippen molar-refractivity contribution >= 4 is 23.1 Å². The Kier molecular flexibility index (Phi) is 4.16. The maximum Gasteiger partial charge on any atom is 0.288 e. The molecule has 0 aliphatic carbocycles. The monoisotopic (exact) mass is 306 g/mol. The third kappa shape index (κ3) is 3.26. The first-order chi connectivity index (χ1) is 10.4. The van der Waals surface area contributed by atoms with E-state index in [9.17, 15) is 19.3 Å². The largest absolute Gasteiger partial charge is 0.497 e. The molecule has 8 nitrogen and oxygen atoms in total. The fraction of sp³-hybridized carbons (Fsp3) is 0.0769. The Morgan fingerprint density at radius 1 is 1.41 bits per heavy atom. The van der Waals surface area contributed by atoms with Crippen LogP contribution in [0.15, 0.2) is 30.5 Å². The number of anilines is 2. The van der Waals surface area contributed by atoms with E-state index in [1.807, 2.05) is 0 Å². The molecule has 1 aromatic heterocycles. The summed E-state index contributed by atoms with van der Waals surface area (Å²) in [5.41, 5.74) is 4.87. The van der Waals surface area contributed by atoms with Gasteiger partial charge in [-0.05, 0) is 6.07 Å². The lowest BCUT2D eigenvalue weighted by Gasteiger charge is -2.10. The molecule has 22 heavy (non-hydrogen) atoms. The van der Waals surface area contributed by atoms with Crippen molar-refractivity contribution in [2.75, 3.05) is 12.4 Å². The Morgan fingerprint density at radius 3 is 2.73 bits per heavy atom. The van der Waals surface area contributed by atoms with Gasteiger partial charge in [0.2, 0.25) is 0 Å². The number of nitrogens with zero attached hydrogens (tertiary/aromatic N) is 2. The number of hydrogen-bond acceptors (Lipinski definition) is 6. The summed E-state index contributed by atoms with van der Waals surface area (Å²) in [6.45, 7) is 0. The zero-order valence-corrected chi connectivity index (χ0v) is 11.4. The van der Waals surface area contributed by atoms with Gasteiger partial charge in [-0.25, -0.2) is 9.37 Å². The number of halogens is 1. The number of methoxy groups -OCH3 is 1. The quantitative estimate of drug-likeness (QED) is 0.643. The SMILES string of the molecule is COc1cc(F)cc(Nc2ncc([N+](=O)[O-])cc2C(N)=O)c1. The molecule has 0 aliphatic heterocycles. The first kappa shape index (κ1) is 15.2. The molecule has 0 atom stereocenters. The van der Waals surface area contributed by atoms with Crippen LogP contribution in [-0.4, -0.2) is 22.9 Å². The van der Waals surface area contributed by atoms with Crippen LogP contribution >= 0.6 is 0 Å². The van der Waals surface area contributed by atoms with Crippen LogP contribution in [0.3, 0.4) is 0 Å². The number of hydrogen-bond donors (Lipinski definition) is 2. The summed E-state index contributed by atoms with van der Waals surface area (Å²) in [5, 5.41) is 13.4. The lowest BCUT2D eigenvalue weighted by atomic mass is 10.2. The lowest BCUT2D eigenvalue weighted by molar-refractivity contribution is -0.385. The van der Waals surface area contributed by atoms with E-state index in [2.05, 4.69) is 10.3 Å². The van der Waals surface area contributed by atoms with E-state index in [4.69, 9.17) is 10.5 Å². The molecular weight excluding hydrogens is 295 g/mol. The highest BCUT2D eigenvalue weighted by Gasteiger charge is 2.16. The van der Waals surface area contributed by atoms with Crippen LogP contribution < -0.4 is 15.8 Å². The number of rotatable bonds is 5. The van der Waals surface area contributed by atoms with E-state index in [0.29, 0.717) is 0 Å². The van der Waals surface area contributed by atoms with Crippen molar-refractivity contribution in [1.82, 2.24) is 4.98 Å². The second kappa shape index (κ2) is 6.04. The number of pyridine rings is 1. The van der Waals surface area contributed by atoms with Gasteiger partial charge < -0.3 is 15.8 Å². The van der Waals surface area contributed by atoms with Gasteiger partial charge in [-0.3, -0.25) is 14.9 Å². The molecule has 1 aromatic carbocycles. The van der Waals surface area contributed by atoms with E-state index < -0.39 is 16.6 Å². The van der Waals surface area contributed by atoms with Crippen LogP contribution in [0.2, 0.25) is 0 Å². The first-order valence-electron chi connectivity index (χ1n) is 5.96. The molecular formula is C13H11FN4O4. The van der Waals surface area contributed by atoms with Crippen molar-refractivity contribution in [1.29, 1.82) is 0 Å². The number of benzene rings is 1. The van der Waals surface area contributed by atoms with Gasteiger partial charge in [0.05, 0.1) is 17.6 Å². The molecule has 2 rings (SSSR count). The molecule has 114 valence electrons. The normalized spacial score (nSPS) is 10.1. The van der Waals surface area contributed by atoms with Crippen molar-refractivity contribution in [3.8, 4) is 5.75 Å². The molecule has 2 aromatic rings. The maximum atomic E-state index is 13.4. The summed E-state index contributed by atoms with van der Waals surface area (Å²) in [6, 6.07) is 4.78. The van der Waals surface area contributed by atoms with Crippen LogP contribution in [0.1, 0.15) is 10.4 Å². The average Bonchev–Trinajstić information content (AvgIpc) is 2.46. The Morgan fingerprint density at radius 2 is 2.14 bits per heavy atom. The van der Waals surface area contributed by atoms with Crippen molar-refractivity contribution in [3.63, 3.8) is 0 Å². The van der Waals surface area contributed by atoms with Crippen molar-refractivity contribution in [2.24, 2.45) is 5.73 Å². The van der Waals surface area contributed by atoms with E-state index in [-0.39, 0.29) is 28.5 Å². The highest BCUT2D eigenvalue weighted by Crippen LogP contribution is 2.25. The van der Waals surface area contributed by atoms with Crippen molar-refractivity contribution in [3.05, 3.63) is 52.0 Å². The summed E-state index contributed by atoms with van der Waals surface area (Å²) in [5.74, 6) is -1.23. The number of aromatic nitrogens is 1. The summed E-state index contributed by atoms with van der Waals surface area (Å²) in [7, 11) is 1.37. The number of carbonyl (C=O) groups excluding carboxylic acids is 1. The molecule has 0 radical (unpaired) electrons. The van der Waals surface area contributed by atoms with Crippen LogP contribution in [-0.2, 0) is 0 Å².